The van der Waals surface area contributed by atoms with Crippen LogP contribution in [0.4, 0.5) is 5.69 Å². The number of anilines is 1. The van der Waals surface area contributed by atoms with Crippen molar-refractivity contribution < 1.29 is 14.3 Å². The lowest BCUT2D eigenvalue weighted by molar-refractivity contribution is -0.139. The molecule has 7 heteroatoms. The smallest absolute Gasteiger partial charge is 0.277 e. The molecule has 2 aromatic rings. The fourth-order valence-electron chi connectivity index (χ4n) is 4.67. The summed E-state index contributed by atoms with van der Waals surface area (Å²) in [5.74, 6) is -0.355. The first kappa shape index (κ1) is 20.3. The summed E-state index contributed by atoms with van der Waals surface area (Å²) in [5.41, 5.74) is 3.57. The number of hydrogen-bond donors (Lipinski definition) is 0. The lowest BCUT2D eigenvalue weighted by atomic mass is 10.1. The second-order valence-electron chi connectivity index (χ2n) is 8.37. The molecule has 0 aliphatic carbocycles. The zero-order valence-electron chi connectivity index (χ0n) is 17.8. The van der Waals surface area contributed by atoms with Gasteiger partial charge < -0.3 is 14.5 Å². The molecule has 1 aromatic carbocycles. The molecule has 0 bridgehead atoms. The van der Waals surface area contributed by atoms with Crippen molar-refractivity contribution in [3.63, 3.8) is 0 Å². The Bertz CT molecular complexity index is 1000. The van der Waals surface area contributed by atoms with E-state index in [0.29, 0.717) is 37.5 Å². The highest BCUT2D eigenvalue weighted by molar-refractivity contribution is 7.11. The van der Waals surface area contributed by atoms with Gasteiger partial charge in [0.15, 0.2) is 0 Å². The predicted molar refractivity (Wildman–Crippen MR) is 122 cm³/mol. The SMILES string of the molecule is Cc1cccc(N2CCN(C3=C(c4cccs4)C(=O)N(CC4CCCO4)C3=O)CC2)c1. The first-order valence-electron chi connectivity index (χ1n) is 10.9. The molecule has 1 aromatic heterocycles. The summed E-state index contributed by atoms with van der Waals surface area (Å²) in [4.78, 5) is 33.5. The lowest BCUT2D eigenvalue weighted by Gasteiger charge is -2.37. The van der Waals surface area contributed by atoms with Gasteiger partial charge in [-0.25, -0.2) is 0 Å². The number of benzene rings is 1. The van der Waals surface area contributed by atoms with Crippen LogP contribution in [0.25, 0.3) is 5.57 Å². The van der Waals surface area contributed by atoms with E-state index >= 15 is 0 Å². The Morgan fingerprint density at radius 2 is 1.84 bits per heavy atom. The molecule has 0 spiro atoms. The van der Waals surface area contributed by atoms with Crippen LogP contribution in [0, 0.1) is 6.92 Å². The highest BCUT2D eigenvalue weighted by Gasteiger charge is 2.43. The van der Waals surface area contributed by atoms with Crippen LogP contribution < -0.4 is 4.90 Å². The monoisotopic (exact) mass is 437 g/mol. The Labute approximate surface area is 186 Å². The number of carbonyl (C=O) groups excluding carboxylic acids is 2. The molecule has 0 N–H and O–H groups in total. The maximum atomic E-state index is 13.4. The topological polar surface area (TPSA) is 53.1 Å². The van der Waals surface area contributed by atoms with Gasteiger partial charge in [0.25, 0.3) is 11.8 Å². The summed E-state index contributed by atoms with van der Waals surface area (Å²) >= 11 is 1.51. The summed E-state index contributed by atoms with van der Waals surface area (Å²) in [6.45, 7) is 6.22. The van der Waals surface area contributed by atoms with Crippen LogP contribution in [0.1, 0.15) is 23.3 Å². The summed E-state index contributed by atoms with van der Waals surface area (Å²) in [7, 11) is 0. The molecule has 162 valence electrons. The zero-order chi connectivity index (χ0) is 21.4. The van der Waals surface area contributed by atoms with Gasteiger partial charge in [0.2, 0.25) is 0 Å². The van der Waals surface area contributed by atoms with E-state index in [1.807, 2.05) is 17.5 Å². The van der Waals surface area contributed by atoms with E-state index in [-0.39, 0.29) is 17.9 Å². The number of carbonyl (C=O) groups is 2. The normalized spacial score (nSPS) is 22.2. The summed E-state index contributed by atoms with van der Waals surface area (Å²) < 4.78 is 5.71. The van der Waals surface area contributed by atoms with Crippen molar-refractivity contribution >= 4 is 34.4 Å². The second-order valence-corrected chi connectivity index (χ2v) is 9.32. The van der Waals surface area contributed by atoms with Crippen molar-refractivity contribution in [2.45, 2.75) is 25.9 Å². The van der Waals surface area contributed by atoms with E-state index in [0.717, 1.165) is 30.8 Å². The van der Waals surface area contributed by atoms with Gasteiger partial charge in [-0.1, -0.05) is 18.2 Å². The van der Waals surface area contributed by atoms with E-state index in [1.54, 1.807) is 0 Å². The van der Waals surface area contributed by atoms with E-state index in [1.165, 1.54) is 27.5 Å². The highest BCUT2D eigenvalue weighted by atomic mass is 32.1. The second kappa shape index (κ2) is 8.48. The minimum absolute atomic E-state index is 0.0463. The first-order chi connectivity index (χ1) is 15.1. The molecule has 3 aliphatic heterocycles. The van der Waals surface area contributed by atoms with Crippen molar-refractivity contribution in [1.82, 2.24) is 9.80 Å². The van der Waals surface area contributed by atoms with E-state index in [4.69, 9.17) is 4.74 Å². The number of ether oxygens (including phenoxy) is 1. The van der Waals surface area contributed by atoms with Gasteiger partial charge in [0.05, 0.1) is 18.2 Å². The molecule has 3 aliphatic rings. The van der Waals surface area contributed by atoms with Gasteiger partial charge in [-0.15, -0.1) is 11.3 Å². The molecule has 6 nitrogen and oxygen atoms in total. The maximum absolute atomic E-state index is 13.4. The summed E-state index contributed by atoms with van der Waals surface area (Å²) in [6, 6.07) is 12.4. The molecular formula is C24H27N3O3S. The van der Waals surface area contributed by atoms with Gasteiger partial charge in [0.1, 0.15) is 5.70 Å². The third-order valence-electron chi connectivity index (χ3n) is 6.28. The number of rotatable bonds is 5. The van der Waals surface area contributed by atoms with Crippen LogP contribution in [0.5, 0.6) is 0 Å². The van der Waals surface area contributed by atoms with Crippen LogP contribution in [-0.2, 0) is 14.3 Å². The van der Waals surface area contributed by atoms with Crippen LogP contribution in [-0.4, -0.2) is 67.0 Å². The van der Waals surface area contributed by atoms with E-state index in [2.05, 4.69) is 41.0 Å². The number of nitrogens with zero attached hydrogens (tertiary/aromatic N) is 3. The van der Waals surface area contributed by atoms with Crippen molar-refractivity contribution in [1.29, 1.82) is 0 Å². The third-order valence-corrected chi connectivity index (χ3v) is 7.17. The molecule has 1 unspecified atom stereocenters. The molecule has 0 saturated carbocycles. The molecule has 31 heavy (non-hydrogen) atoms. The van der Waals surface area contributed by atoms with Crippen molar-refractivity contribution in [2.75, 3.05) is 44.2 Å². The van der Waals surface area contributed by atoms with Crippen LogP contribution >= 0.6 is 11.3 Å². The molecule has 2 fully saturated rings. The fraction of sp³-hybridized carbons (Fsp3) is 0.417. The van der Waals surface area contributed by atoms with Crippen LogP contribution in [0.15, 0.2) is 47.5 Å². The molecule has 0 radical (unpaired) electrons. The molecule has 2 amide bonds. The van der Waals surface area contributed by atoms with Crippen LogP contribution in [0.2, 0.25) is 0 Å². The first-order valence-corrected chi connectivity index (χ1v) is 11.8. The van der Waals surface area contributed by atoms with Crippen molar-refractivity contribution in [3.8, 4) is 0 Å². The molecule has 2 saturated heterocycles. The van der Waals surface area contributed by atoms with Gasteiger partial charge in [-0.2, -0.15) is 0 Å². The van der Waals surface area contributed by atoms with Gasteiger partial charge in [0, 0.05) is 43.4 Å². The molecular weight excluding hydrogens is 410 g/mol. The Hall–Kier alpha value is -2.64. The van der Waals surface area contributed by atoms with E-state index in [9.17, 15) is 9.59 Å². The fourth-order valence-corrected chi connectivity index (χ4v) is 5.43. The minimum atomic E-state index is -0.181. The lowest BCUT2D eigenvalue weighted by Crippen LogP contribution is -2.48. The average molecular weight is 438 g/mol. The molecule has 5 rings (SSSR count). The summed E-state index contributed by atoms with van der Waals surface area (Å²) in [5, 5.41) is 1.95. The standard InChI is InChI=1S/C24H27N3O3S/c1-17-5-2-6-18(15-17)25-9-11-26(12-10-25)22-21(20-8-4-14-31-20)23(28)27(24(22)29)16-19-7-3-13-30-19/h2,4-6,8,14-15,19H,3,7,9-13,16H2,1H3. The predicted octanol–water partition coefficient (Wildman–Crippen LogP) is 3.14. The number of imide groups is 1. The van der Waals surface area contributed by atoms with Gasteiger partial charge in [-0.05, 0) is 48.9 Å². The van der Waals surface area contributed by atoms with Gasteiger partial charge >= 0.3 is 0 Å². The average Bonchev–Trinajstić information content (AvgIpc) is 3.53. The number of hydrogen-bond acceptors (Lipinski definition) is 6. The maximum Gasteiger partial charge on any atom is 0.277 e. The largest absolute Gasteiger partial charge is 0.376 e. The Morgan fingerprint density at radius 1 is 1.03 bits per heavy atom. The third kappa shape index (κ3) is 3.88. The summed E-state index contributed by atoms with van der Waals surface area (Å²) in [6.07, 6.45) is 1.84. The van der Waals surface area contributed by atoms with Crippen LogP contribution in [0.3, 0.4) is 0 Å². The van der Waals surface area contributed by atoms with Crippen molar-refractivity contribution in [2.24, 2.45) is 0 Å². The molecule has 4 heterocycles. The number of amides is 2. The Balaban J connectivity index is 1.39. The van der Waals surface area contributed by atoms with E-state index < -0.39 is 0 Å². The van der Waals surface area contributed by atoms with Crippen molar-refractivity contribution in [3.05, 3.63) is 57.9 Å². The Morgan fingerprint density at radius 3 is 2.52 bits per heavy atom. The highest BCUT2D eigenvalue weighted by Crippen LogP contribution is 2.35. The number of thiophene rings is 1. The number of piperazine rings is 1. The number of aryl methyl sites for hydroxylation is 1. The molecule has 1 atom stereocenters. The van der Waals surface area contributed by atoms with Gasteiger partial charge in [-0.3, -0.25) is 14.5 Å². The minimum Gasteiger partial charge on any atom is -0.376 e. The Kier molecular flexibility index (Phi) is 5.54. The zero-order valence-corrected chi connectivity index (χ0v) is 18.6. The quantitative estimate of drug-likeness (QED) is 0.673.